The van der Waals surface area contributed by atoms with Crippen LogP contribution >= 0.6 is 0 Å². The van der Waals surface area contributed by atoms with Gasteiger partial charge in [0.25, 0.3) is 0 Å². The highest BCUT2D eigenvalue weighted by Crippen LogP contribution is 2.33. The van der Waals surface area contributed by atoms with E-state index < -0.39 is 10.0 Å². The van der Waals surface area contributed by atoms with Crippen LogP contribution in [0.25, 0.3) is 0 Å². The zero-order valence-electron chi connectivity index (χ0n) is 13.7. The smallest absolute Gasteiger partial charge is 0.345 e. The number of rotatable bonds is 2. The molecule has 0 radical (unpaired) electrons. The molecule has 0 saturated heterocycles. The Labute approximate surface area is 144 Å². The first-order valence-corrected chi connectivity index (χ1v) is 9.43. The third-order valence-electron chi connectivity index (χ3n) is 4.39. The van der Waals surface area contributed by atoms with Crippen molar-refractivity contribution in [2.45, 2.75) is 17.9 Å². The zero-order chi connectivity index (χ0) is 17.6. The molecule has 0 saturated carbocycles. The number of aryl methyl sites for hydroxylation is 1. The van der Waals surface area contributed by atoms with Crippen LogP contribution in [0.3, 0.4) is 0 Å². The fourth-order valence-electron chi connectivity index (χ4n) is 3.09. The largest absolute Gasteiger partial charge is 0.486 e. The summed E-state index contributed by atoms with van der Waals surface area (Å²) < 4.78 is 41.0. The Hall–Kier alpha value is -2.33. The number of benzene rings is 1. The van der Waals surface area contributed by atoms with E-state index in [2.05, 4.69) is 5.10 Å². The molecule has 0 fully saturated rings. The van der Waals surface area contributed by atoms with Gasteiger partial charge >= 0.3 is 5.69 Å². The van der Waals surface area contributed by atoms with Crippen molar-refractivity contribution in [1.82, 2.24) is 18.7 Å². The number of nitrogens with zero attached hydrogens (tertiary/aromatic N) is 4. The lowest BCUT2D eigenvalue weighted by molar-refractivity contribution is 0.171. The molecule has 4 rings (SSSR count). The SMILES string of the molecule is Cn1nc2n(c1=O)CCN(S(=O)(=O)c1ccc3c(c1)OCCO3)CC2. The normalized spacial score (nSPS) is 17.8. The maximum absolute atomic E-state index is 13.0. The van der Waals surface area contributed by atoms with Crippen molar-refractivity contribution in [3.05, 3.63) is 34.5 Å². The highest BCUT2D eigenvalue weighted by atomic mass is 32.2. The lowest BCUT2D eigenvalue weighted by atomic mass is 10.3. The molecular weight excluding hydrogens is 348 g/mol. The Morgan fingerprint density at radius 2 is 1.84 bits per heavy atom. The van der Waals surface area contributed by atoms with E-state index in [0.717, 1.165) is 0 Å². The first-order chi connectivity index (χ1) is 12.0. The molecule has 0 amide bonds. The topological polar surface area (TPSA) is 95.7 Å². The van der Waals surface area contributed by atoms with Crippen molar-refractivity contribution in [3.63, 3.8) is 0 Å². The molecule has 0 aliphatic carbocycles. The standard InChI is InChI=1S/C15H18N4O5S/c1-17-15(20)19-7-6-18(5-4-14(19)16-17)25(21,22)11-2-3-12-13(10-11)24-9-8-23-12/h2-3,10H,4-9H2,1H3. The molecular formula is C15H18N4O5S. The monoisotopic (exact) mass is 366 g/mol. The minimum Gasteiger partial charge on any atom is -0.486 e. The number of hydrogen-bond donors (Lipinski definition) is 0. The van der Waals surface area contributed by atoms with Crippen LogP contribution in [-0.4, -0.2) is 53.4 Å². The molecule has 10 heteroatoms. The van der Waals surface area contributed by atoms with Crippen LogP contribution in [0.4, 0.5) is 0 Å². The molecule has 3 heterocycles. The number of aromatic nitrogens is 3. The molecule has 0 atom stereocenters. The summed E-state index contributed by atoms with van der Waals surface area (Å²) in [5.74, 6) is 1.58. The van der Waals surface area contributed by atoms with Crippen molar-refractivity contribution in [2.75, 3.05) is 26.3 Å². The summed E-state index contributed by atoms with van der Waals surface area (Å²) in [5, 5.41) is 4.17. The van der Waals surface area contributed by atoms with Gasteiger partial charge in [0.1, 0.15) is 19.0 Å². The maximum Gasteiger partial charge on any atom is 0.345 e. The Morgan fingerprint density at radius 1 is 1.08 bits per heavy atom. The van der Waals surface area contributed by atoms with Gasteiger partial charge in [0, 0.05) is 39.2 Å². The fourth-order valence-corrected chi connectivity index (χ4v) is 4.53. The molecule has 0 N–H and O–H groups in total. The summed E-state index contributed by atoms with van der Waals surface area (Å²) in [6.45, 7) is 1.62. The number of fused-ring (bicyclic) bond motifs is 2. The van der Waals surface area contributed by atoms with E-state index in [1.807, 2.05) is 0 Å². The van der Waals surface area contributed by atoms with Crippen LogP contribution in [0.15, 0.2) is 27.9 Å². The lowest BCUT2D eigenvalue weighted by Crippen LogP contribution is -2.35. The fraction of sp³-hybridized carbons (Fsp3) is 0.467. The second kappa shape index (κ2) is 5.88. The second-order valence-corrected chi connectivity index (χ2v) is 7.87. The van der Waals surface area contributed by atoms with Gasteiger partial charge in [-0.15, -0.1) is 0 Å². The van der Waals surface area contributed by atoms with Crippen molar-refractivity contribution in [3.8, 4) is 11.5 Å². The van der Waals surface area contributed by atoms with E-state index in [9.17, 15) is 13.2 Å². The molecule has 1 aromatic carbocycles. The van der Waals surface area contributed by atoms with Crippen molar-refractivity contribution in [1.29, 1.82) is 0 Å². The van der Waals surface area contributed by atoms with Gasteiger partial charge in [-0.3, -0.25) is 4.57 Å². The van der Waals surface area contributed by atoms with E-state index in [4.69, 9.17) is 9.47 Å². The minimum atomic E-state index is -3.69. The summed E-state index contributed by atoms with van der Waals surface area (Å²) >= 11 is 0. The highest BCUT2D eigenvalue weighted by Gasteiger charge is 2.29. The Balaban J connectivity index is 1.62. The van der Waals surface area contributed by atoms with E-state index in [1.54, 1.807) is 13.1 Å². The van der Waals surface area contributed by atoms with Crippen LogP contribution in [0.5, 0.6) is 11.5 Å². The zero-order valence-corrected chi connectivity index (χ0v) is 14.5. The van der Waals surface area contributed by atoms with E-state index in [1.165, 1.54) is 25.7 Å². The summed E-state index contributed by atoms with van der Waals surface area (Å²) in [7, 11) is -2.10. The molecule has 9 nitrogen and oxygen atoms in total. The van der Waals surface area contributed by atoms with E-state index in [-0.39, 0.29) is 30.2 Å². The number of hydrogen-bond acceptors (Lipinski definition) is 6. The molecule has 2 aromatic rings. The molecule has 2 aliphatic rings. The summed E-state index contributed by atoms with van der Waals surface area (Å²) in [5.41, 5.74) is -0.228. The molecule has 0 unspecified atom stereocenters. The molecule has 25 heavy (non-hydrogen) atoms. The average Bonchev–Trinajstić information content (AvgIpc) is 2.77. The second-order valence-electron chi connectivity index (χ2n) is 5.93. The van der Waals surface area contributed by atoms with Gasteiger partial charge in [-0.2, -0.15) is 9.40 Å². The Morgan fingerprint density at radius 3 is 2.64 bits per heavy atom. The van der Waals surface area contributed by atoms with Crippen molar-refractivity contribution < 1.29 is 17.9 Å². The van der Waals surface area contributed by atoms with Crippen LogP contribution < -0.4 is 15.2 Å². The Kier molecular flexibility index (Phi) is 3.80. The van der Waals surface area contributed by atoms with Crippen LogP contribution in [0.1, 0.15) is 5.82 Å². The van der Waals surface area contributed by atoms with Gasteiger partial charge in [0.05, 0.1) is 4.90 Å². The van der Waals surface area contributed by atoms with Gasteiger partial charge in [0.2, 0.25) is 10.0 Å². The number of sulfonamides is 1. The summed E-state index contributed by atoms with van der Waals surface area (Å²) in [6.07, 6.45) is 0.389. The highest BCUT2D eigenvalue weighted by molar-refractivity contribution is 7.89. The van der Waals surface area contributed by atoms with Gasteiger partial charge < -0.3 is 9.47 Å². The predicted octanol–water partition coefficient (Wildman–Crippen LogP) is -0.400. The molecule has 0 spiro atoms. The third kappa shape index (κ3) is 2.71. The quantitative estimate of drug-likeness (QED) is 0.718. The first kappa shape index (κ1) is 16.2. The molecule has 1 aromatic heterocycles. The molecule has 134 valence electrons. The average molecular weight is 366 g/mol. The van der Waals surface area contributed by atoms with Crippen molar-refractivity contribution >= 4 is 10.0 Å². The van der Waals surface area contributed by atoms with Gasteiger partial charge in [-0.05, 0) is 12.1 Å². The maximum atomic E-state index is 13.0. The first-order valence-electron chi connectivity index (χ1n) is 7.99. The third-order valence-corrected chi connectivity index (χ3v) is 6.29. The summed E-state index contributed by atoms with van der Waals surface area (Å²) in [4.78, 5) is 12.2. The van der Waals surface area contributed by atoms with Crippen LogP contribution in [0, 0.1) is 0 Å². The molecule has 0 bridgehead atoms. The molecule has 2 aliphatic heterocycles. The van der Waals surface area contributed by atoms with E-state index >= 15 is 0 Å². The van der Waals surface area contributed by atoms with E-state index in [0.29, 0.717) is 37.0 Å². The predicted molar refractivity (Wildman–Crippen MR) is 87.4 cm³/mol. The van der Waals surface area contributed by atoms with Crippen LogP contribution in [0.2, 0.25) is 0 Å². The Bertz CT molecular complexity index is 978. The van der Waals surface area contributed by atoms with Crippen molar-refractivity contribution in [2.24, 2.45) is 7.05 Å². The summed E-state index contributed by atoms with van der Waals surface area (Å²) in [6, 6.07) is 4.62. The number of ether oxygens (including phenoxy) is 2. The van der Waals surface area contributed by atoms with Gasteiger partial charge in [-0.1, -0.05) is 0 Å². The minimum absolute atomic E-state index is 0.157. The van der Waals surface area contributed by atoms with Crippen LogP contribution in [-0.2, 0) is 30.0 Å². The van der Waals surface area contributed by atoms with Gasteiger partial charge in [-0.25, -0.2) is 17.9 Å². The van der Waals surface area contributed by atoms with Gasteiger partial charge in [0.15, 0.2) is 11.5 Å². The lowest BCUT2D eigenvalue weighted by Gasteiger charge is -2.22.